The predicted molar refractivity (Wildman–Crippen MR) is 79.4 cm³/mol. The minimum absolute atomic E-state index is 0.0351. The van der Waals surface area contributed by atoms with Crippen LogP contribution >= 0.6 is 0 Å². The van der Waals surface area contributed by atoms with E-state index in [2.05, 4.69) is 12.2 Å². The van der Waals surface area contributed by atoms with E-state index >= 15 is 0 Å². The largest absolute Gasteiger partial charge is 0.460 e. The number of esters is 1. The lowest BCUT2D eigenvalue weighted by molar-refractivity contribution is -0.170. The maximum atomic E-state index is 12.7. The number of hydrogen-bond acceptors (Lipinski definition) is 3. The van der Waals surface area contributed by atoms with Crippen molar-refractivity contribution in [1.82, 2.24) is 0 Å². The number of carbonyl (C=O) groups excluding carboxylic acids is 1. The highest BCUT2D eigenvalue weighted by atomic mass is 16.6. The maximum Gasteiger partial charge on any atom is 0.312 e. The second-order valence-corrected chi connectivity index (χ2v) is 8.43. The summed E-state index contributed by atoms with van der Waals surface area (Å²) in [6.45, 7) is 5.84. The first kappa shape index (κ1) is 13.8. The minimum Gasteiger partial charge on any atom is -0.460 e. The Morgan fingerprint density at radius 2 is 1.67 bits per heavy atom. The Bertz CT molecular complexity index is 489. The molecule has 0 radical (unpaired) electrons. The maximum absolute atomic E-state index is 12.7. The summed E-state index contributed by atoms with van der Waals surface area (Å²) in [5.74, 6) is 3.86. The highest BCUT2D eigenvalue weighted by Crippen LogP contribution is 2.67. The van der Waals surface area contributed by atoms with Gasteiger partial charge in [-0.05, 0) is 69.1 Å². The van der Waals surface area contributed by atoms with E-state index in [4.69, 9.17) is 9.47 Å². The SMILES string of the molecule is COC1C2CC(C1C(=O)OC(C)(C)C)C1C3C=CC(C3)C21. The standard InChI is InChI=1S/C18H26O3/c1-18(2,3)21-17(19)15-11-8-12(16(15)20-4)14-10-6-5-9(7-10)13(11)14/h5-6,9-16H,7-8H2,1-4H3. The summed E-state index contributed by atoms with van der Waals surface area (Å²) >= 11 is 0. The molecule has 0 saturated heterocycles. The molecule has 4 rings (SSSR count). The first-order valence-corrected chi connectivity index (χ1v) is 8.34. The number of carbonyl (C=O) groups is 1. The van der Waals surface area contributed by atoms with Crippen LogP contribution in [0.1, 0.15) is 33.6 Å². The topological polar surface area (TPSA) is 35.5 Å². The summed E-state index contributed by atoms with van der Waals surface area (Å²) in [4.78, 5) is 12.7. The van der Waals surface area contributed by atoms with Crippen LogP contribution in [0.25, 0.3) is 0 Å². The summed E-state index contributed by atoms with van der Waals surface area (Å²) in [6, 6.07) is 0. The van der Waals surface area contributed by atoms with E-state index < -0.39 is 5.60 Å². The van der Waals surface area contributed by atoms with Crippen molar-refractivity contribution in [2.24, 2.45) is 41.4 Å². The molecule has 4 bridgehead atoms. The molecule has 0 spiro atoms. The second-order valence-electron chi connectivity index (χ2n) is 8.43. The molecular weight excluding hydrogens is 264 g/mol. The van der Waals surface area contributed by atoms with Crippen molar-refractivity contribution in [2.45, 2.75) is 45.3 Å². The molecule has 3 fully saturated rings. The summed E-state index contributed by atoms with van der Waals surface area (Å²) in [5.41, 5.74) is -0.412. The third-order valence-electron chi connectivity index (χ3n) is 6.30. The zero-order valence-corrected chi connectivity index (χ0v) is 13.4. The van der Waals surface area contributed by atoms with Crippen LogP contribution in [0.2, 0.25) is 0 Å². The molecule has 0 amide bonds. The molecule has 0 aliphatic heterocycles. The molecule has 4 aliphatic rings. The Balaban J connectivity index is 1.61. The van der Waals surface area contributed by atoms with Crippen molar-refractivity contribution in [1.29, 1.82) is 0 Å². The zero-order chi connectivity index (χ0) is 14.9. The van der Waals surface area contributed by atoms with Crippen LogP contribution in [0, 0.1) is 41.4 Å². The van der Waals surface area contributed by atoms with Crippen LogP contribution in [0.3, 0.4) is 0 Å². The Morgan fingerprint density at radius 1 is 1.05 bits per heavy atom. The van der Waals surface area contributed by atoms with E-state index in [1.165, 1.54) is 6.42 Å². The van der Waals surface area contributed by atoms with Crippen LogP contribution in [-0.4, -0.2) is 24.8 Å². The third-order valence-corrected chi connectivity index (χ3v) is 6.30. The molecule has 0 N–H and O–H groups in total. The lowest BCUT2D eigenvalue weighted by Gasteiger charge is -2.40. The molecule has 0 aromatic carbocycles. The molecule has 116 valence electrons. The number of hydrogen-bond donors (Lipinski definition) is 0. The second kappa shape index (κ2) is 4.34. The average Bonchev–Trinajstić information content (AvgIpc) is 3.12. The molecule has 8 unspecified atom stereocenters. The van der Waals surface area contributed by atoms with Gasteiger partial charge in [-0.2, -0.15) is 0 Å². The molecular formula is C18H26O3. The smallest absolute Gasteiger partial charge is 0.312 e. The Labute approximate surface area is 127 Å². The van der Waals surface area contributed by atoms with Crippen molar-refractivity contribution in [3.05, 3.63) is 12.2 Å². The van der Waals surface area contributed by atoms with Gasteiger partial charge in [-0.3, -0.25) is 4.79 Å². The van der Waals surface area contributed by atoms with Crippen molar-refractivity contribution in [2.75, 3.05) is 7.11 Å². The number of fused-ring (bicyclic) bond motifs is 9. The van der Waals surface area contributed by atoms with Gasteiger partial charge in [0, 0.05) is 7.11 Å². The zero-order valence-electron chi connectivity index (χ0n) is 13.4. The van der Waals surface area contributed by atoms with Crippen molar-refractivity contribution in [3.8, 4) is 0 Å². The summed E-state index contributed by atoms with van der Waals surface area (Å²) in [5, 5.41) is 0. The van der Waals surface area contributed by atoms with E-state index in [1.807, 2.05) is 20.8 Å². The molecule has 4 aliphatic carbocycles. The van der Waals surface area contributed by atoms with Crippen LogP contribution in [0.15, 0.2) is 12.2 Å². The molecule has 8 atom stereocenters. The number of allylic oxidation sites excluding steroid dienone is 2. The first-order valence-electron chi connectivity index (χ1n) is 8.34. The lowest BCUT2D eigenvalue weighted by atomic mass is 9.68. The van der Waals surface area contributed by atoms with E-state index in [-0.39, 0.29) is 18.0 Å². The summed E-state index contributed by atoms with van der Waals surface area (Å²) in [6.07, 6.45) is 7.35. The van der Waals surface area contributed by atoms with Gasteiger partial charge in [0.25, 0.3) is 0 Å². The molecule has 0 aromatic rings. The molecule has 0 aromatic heterocycles. The van der Waals surface area contributed by atoms with E-state index in [1.54, 1.807) is 7.11 Å². The Kier molecular flexibility index (Phi) is 2.86. The van der Waals surface area contributed by atoms with Gasteiger partial charge in [-0.1, -0.05) is 12.2 Å². The highest BCUT2D eigenvalue weighted by molar-refractivity contribution is 5.75. The quantitative estimate of drug-likeness (QED) is 0.445. The normalized spacial score (nSPS) is 49.7. The fourth-order valence-corrected chi connectivity index (χ4v) is 5.98. The van der Waals surface area contributed by atoms with E-state index in [0.717, 1.165) is 18.3 Å². The van der Waals surface area contributed by atoms with Crippen LogP contribution in [0.4, 0.5) is 0 Å². The fraction of sp³-hybridized carbons (Fsp3) is 0.833. The third kappa shape index (κ3) is 1.86. The van der Waals surface area contributed by atoms with Gasteiger partial charge in [0.1, 0.15) is 5.60 Å². The molecule has 3 nitrogen and oxygen atoms in total. The van der Waals surface area contributed by atoms with Gasteiger partial charge in [-0.15, -0.1) is 0 Å². The van der Waals surface area contributed by atoms with Gasteiger partial charge in [-0.25, -0.2) is 0 Å². The fourth-order valence-electron chi connectivity index (χ4n) is 5.98. The van der Waals surface area contributed by atoms with E-state index in [9.17, 15) is 4.79 Å². The summed E-state index contributed by atoms with van der Waals surface area (Å²) < 4.78 is 11.5. The van der Waals surface area contributed by atoms with Gasteiger partial charge >= 0.3 is 5.97 Å². The van der Waals surface area contributed by atoms with Gasteiger partial charge in [0.05, 0.1) is 12.0 Å². The predicted octanol–water partition coefficient (Wildman–Crippen LogP) is 3.05. The van der Waals surface area contributed by atoms with Gasteiger partial charge in [0.15, 0.2) is 0 Å². The van der Waals surface area contributed by atoms with Crippen LogP contribution < -0.4 is 0 Å². The molecule has 21 heavy (non-hydrogen) atoms. The van der Waals surface area contributed by atoms with E-state index in [0.29, 0.717) is 23.7 Å². The highest BCUT2D eigenvalue weighted by Gasteiger charge is 2.66. The van der Waals surface area contributed by atoms with Crippen LogP contribution in [0.5, 0.6) is 0 Å². The molecule has 3 saturated carbocycles. The van der Waals surface area contributed by atoms with Gasteiger partial charge in [0.2, 0.25) is 0 Å². The first-order chi connectivity index (χ1) is 9.90. The molecule has 0 heterocycles. The minimum atomic E-state index is -0.412. The average molecular weight is 290 g/mol. The lowest BCUT2D eigenvalue weighted by Crippen LogP contribution is -2.46. The Morgan fingerprint density at radius 3 is 2.24 bits per heavy atom. The van der Waals surface area contributed by atoms with Crippen molar-refractivity contribution in [3.63, 3.8) is 0 Å². The van der Waals surface area contributed by atoms with Gasteiger partial charge < -0.3 is 9.47 Å². The number of rotatable bonds is 2. The number of ether oxygens (including phenoxy) is 2. The number of methoxy groups -OCH3 is 1. The van der Waals surface area contributed by atoms with Crippen molar-refractivity contribution < 1.29 is 14.3 Å². The monoisotopic (exact) mass is 290 g/mol. The van der Waals surface area contributed by atoms with Crippen molar-refractivity contribution >= 4 is 5.97 Å². The van der Waals surface area contributed by atoms with Crippen LogP contribution in [-0.2, 0) is 14.3 Å². The Hall–Kier alpha value is -0.830. The summed E-state index contributed by atoms with van der Waals surface area (Å²) in [7, 11) is 1.76. The molecule has 3 heteroatoms.